The van der Waals surface area contributed by atoms with E-state index in [1.807, 2.05) is 46.5 Å². The lowest BCUT2D eigenvalue weighted by Gasteiger charge is -2.31. The van der Waals surface area contributed by atoms with Crippen molar-refractivity contribution in [3.05, 3.63) is 88.1 Å². The van der Waals surface area contributed by atoms with E-state index in [1.54, 1.807) is 13.2 Å². The van der Waals surface area contributed by atoms with Gasteiger partial charge in [0.25, 0.3) is 11.9 Å². The predicted octanol–water partition coefficient (Wildman–Crippen LogP) is 4.75. The van der Waals surface area contributed by atoms with Crippen molar-refractivity contribution >= 4 is 29.1 Å². The fourth-order valence-corrected chi connectivity index (χ4v) is 4.43. The van der Waals surface area contributed by atoms with Crippen LogP contribution < -0.4 is 15.4 Å². The van der Waals surface area contributed by atoms with Crippen LogP contribution in [-0.4, -0.2) is 27.8 Å². The number of hydrogen-bond acceptors (Lipinski definition) is 6. The Balaban J connectivity index is 1.48. The molecule has 0 saturated carbocycles. The van der Waals surface area contributed by atoms with Crippen LogP contribution in [0.2, 0.25) is 0 Å². The number of fused-ring (bicyclic) bond motifs is 1. The van der Waals surface area contributed by atoms with E-state index in [1.165, 1.54) is 11.3 Å². The molecule has 31 heavy (non-hydrogen) atoms. The second kappa shape index (κ2) is 8.23. The molecule has 4 aromatic rings. The van der Waals surface area contributed by atoms with Crippen molar-refractivity contribution in [2.24, 2.45) is 0 Å². The third-order valence-corrected chi connectivity index (χ3v) is 6.23. The van der Waals surface area contributed by atoms with Gasteiger partial charge < -0.3 is 10.1 Å². The summed E-state index contributed by atoms with van der Waals surface area (Å²) in [6.07, 6.45) is 0.797. The lowest BCUT2D eigenvalue weighted by Crippen LogP contribution is -2.28. The van der Waals surface area contributed by atoms with E-state index in [0.717, 1.165) is 23.3 Å². The Kier molecular flexibility index (Phi) is 5.13. The van der Waals surface area contributed by atoms with Crippen LogP contribution in [-0.2, 0) is 0 Å². The quantitative estimate of drug-likeness (QED) is 0.477. The Labute approximate surface area is 183 Å². The Morgan fingerprint density at radius 2 is 1.90 bits per heavy atom. The summed E-state index contributed by atoms with van der Waals surface area (Å²) >= 11 is 1.38. The normalized spacial score (nSPS) is 17.5. The van der Waals surface area contributed by atoms with Crippen LogP contribution in [0.5, 0.6) is 5.75 Å². The van der Waals surface area contributed by atoms with Crippen LogP contribution >= 0.6 is 11.3 Å². The highest BCUT2D eigenvalue weighted by Crippen LogP contribution is 2.38. The average molecular weight is 432 g/mol. The maximum Gasteiger partial charge on any atom is 0.268 e. The molecule has 2 N–H and O–H groups in total. The molecule has 0 aliphatic carbocycles. The molecule has 156 valence electrons. The molecule has 0 unspecified atom stereocenters. The van der Waals surface area contributed by atoms with Gasteiger partial charge in [-0.1, -0.05) is 48.5 Å². The standard InChI is InChI=1S/C23H21N5O2S/c1-30-17-11-9-15(10-12-17)18-14-19(16-6-3-2-4-7-16)28-23(24-18)26-22(27-28)25-21(29)20-8-5-13-31-20/h2-13,18-19H,14H2,1H3,(H2,24,25,26,27,29)/t18-,19-/m1/s1. The summed E-state index contributed by atoms with van der Waals surface area (Å²) in [5.41, 5.74) is 2.28. The molecule has 2 aromatic heterocycles. The molecule has 5 rings (SSSR count). The lowest BCUT2D eigenvalue weighted by molar-refractivity contribution is 0.102. The first-order valence-corrected chi connectivity index (χ1v) is 10.9. The minimum atomic E-state index is -0.207. The van der Waals surface area contributed by atoms with Crippen molar-refractivity contribution in [1.82, 2.24) is 14.8 Å². The second-order valence-corrected chi connectivity index (χ2v) is 8.21. The summed E-state index contributed by atoms with van der Waals surface area (Å²) in [4.78, 5) is 17.7. The number of methoxy groups -OCH3 is 1. The molecule has 1 amide bonds. The van der Waals surface area contributed by atoms with E-state index < -0.39 is 0 Å². The number of carbonyl (C=O) groups is 1. The fourth-order valence-electron chi connectivity index (χ4n) is 3.81. The molecule has 0 bridgehead atoms. The minimum absolute atomic E-state index is 0.00978. The molecule has 0 radical (unpaired) electrons. The van der Waals surface area contributed by atoms with Gasteiger partial charge in [0.2, 0.25) is 5.95 Å². The van der Waals surface area contributed by atoms with Crippen LogP contribution in [0.15, 0.2) is 72.1 Å². The molecule has 8 heteroatoms. The lowest BCUT2D eigenvalue weighted by atomic mass is 9.93. The number of nitrogens with one attached hydrogen (secondary N) is 2. The van der Waals surface area contributed by atoms with Gasteiger partial charge in [-0.15, -0.1) is 16.4 Å². The molecular weight excluding hydrogens is 410 g/mol. The molecule has 2 aromatic carbocycles. The van der Waals surface area contributed by atoms with Gasteiger partial charge in [-0.2, -0.15) is 4.98 Å². The molecule has 0 spiro atoms. The summed E-state index contributed by atoms with van der Waals surface area (Å²) in [7, 11) is 1.66. The SMILES string of the molecule is COc1ccc([C@H]2C[C@H](c3ccccc3)n3nc(NC(=O)c4cccs4)nc3N2)cc1. The molecular formula is C23H21N5O2S. The highest BCUT2D eigenvalue weighted by molar-refractivity contribution is 7.12. The molecule has 0 fully saturated rings. The number of aromatic nitrogens is 3. The summed E-state index contributed by atoms with van der Waals surface area (Å²) in [6, 6.07) is 21.9. The van der Waals surface area contributed by atoms with E-state index in [-0.39, 0.29) is 23.9 Å². The zero-order chi connectivity index (χ0) is 21.2. The van der Waals surface area contributed by atoms with Crippen molar-refractivity contribution in [3.63, 3.8) is 0 Å². The number of rotatable bonds is 5. The zero-order valence-electron chi connectivity index (χ0n) is 16.9. The largest absolute Gasteiger partial charge is 0.497 e. The molecule has 2 atom stereocenters. The first-order valence-electron chi connectivity index (χ1n) is 9.98. The average Bonchev–Trinajstić information content (AvgIpc) is 3.49. The van der Waals surface area contributed by atoms with E-state index >= 15 is 0 Å². The predicted molar refractivity (Wildman–Crippen MR) is 121 cm³/mol. The van der Waals surface area contributed by atoms with Crippen LogP contribution in [0.3, 0.4) is 0 Å². The maximum atomic E-state index is 12.5. The number of anilines is 2. The van der Waals surface area contributed by atoms with E-state index in [9.17, 15) is 4.79 Å². The molecule has 1 aliphatic heterocycles. The van der Waals surface area contributed by atoms with Gasteiger partial charge in [-0.3, -0.25) is 10.1 Å². The third-order valence-electron chi connectivity index (χ3n) is 5.36. The summed E-state index contributed by atoms with van der Waals surface area (Å²) in [5, 5.41) is 12.8. The van der Waals surface area contributed by atoms with Crippen LogP contribution in [0.1, 0.15) is 39.3 Å². The van der Waals surface area contributed by atoms with Gasteiger partial charge in [0.05, 0.1) is 24.1 Å². The second-order valence-electron chi connectivity index (χ2n) is 7.27. The number of ether oxygens (including phenoxy) is 1. The Bertz CT molecular complexity index is 1170. The number of hydrogen-bond donors (Lipinski definition) is 2. The van der Waals surface area contributed by atoms with Gasteiger partial charge >= 0.3 is 0 Å². The summed E-state index contributed by atoms with van der Waals surface area (Å²) in [6.45, 7) is 0. The fraction of sp³-hybridized carbons (Fsp3) is 0.174. The van der Waals surface area contributed by atoms with Crippen molar-refractivity contribution in [2.75, 3.05) is 17.7 Å². The molecule has 0 saturated heterocycles. The monoisotopic (exact) mass is 431 g/mol. The van der Waals surface area contributed by atoms with Crippen LogP contribution in [0.4, 0.5) is 11.9 Å². The summed E-state index contributed by atoms with van der Waals surface area (Å²) in [5.74, 6) is 1.53. The van der Waals surface area contributed by atoms with E-state index in [0.29, 0.717) is 10.8 Å². The van der Waals surface area contributed by atoms with Crippen LogP contribution in [0.25, 0.3) is 0 Å². The van der Waals surface area contributed by atoms with Crippen molar-refractivity contribution in [1.29, 1.82) is 0 Å². The first kappa shape index (κ1) is 19.3. The number of thiophene rings is 1. The minimum Gasteiger partial charge on any atom is -0.497 e. The Morgan fingerprint density at radius 1 is 1.10 bits per heavy atom. The van der Waals surface area contributed by atoms with Gasteiger partial charge in [-0.05, 0) is 41.1 Å². The van der Waals surface area contributed by atoms with Crippen molar-refractivity contribution < 1.29 is 9.53 Å². The maximum absolute atomic E-state index is 12.5. The van der Waals surface area contributed by atoms with E-state index in [2.05, 4.69) is 45.0 Å². The Hall–Kier alpha value is -3.65. The number of carbonyl (C=O) groups excluding carboxylic acids is 1. The summed E-state index contributed by atoms with van der Waals surface area (Å²) < 4.78 is 7.15. The highest BCUT2D eigenvalue weighted by Gasteiger charge is 2.31. The Morgan fingerprint density at radius 3 is 2.61 bits per heavy atom. The first-order chi connectivity index (χ1) is 15.2. The van der Waals surface area contributed by atoms with Gasteiger partial charge in [-0.25, -0.2) is 4.68 Å². The molecule has 1 aliphatic rings. The smallest absolute Gasteiger partial charge is 0.268 e. The van der Waals surface area contributed by atoms with Crippen molar-refractivity contribution in [2.45, 2.75) is 18.5 Å². The van der Waals surface area contributed by atoms with Gasteiger partial charge in [0.1, 0.15) is 5.75 Å². The molecule has 7 nitrogen and oxygen atoms in total. The third kappa shape index (κ3) is 3.89. The topological polar surface area (TPSA) is 81.1 Å². The van der Waals surface area contributed by atoms with Crippen LogP contribution in [0, 0.1) is 0 Å². The van der Waals surface area contributed by atoms with Gasteiger partial charge in [0, 0.05) is 0 Å². The number of benzene rings is 2. The number of amides is 1. The van der Waals surface area contributed by atoms with E-state index in [4.69, 9.17) is 4.74 Å². The highest BCUT2D eigenvalue weighted by atomic mass is 32.1. The number of nitrogens with zero attached hydrogens (tertiary/aromatic N) is 3. The zero-order valence-corrected chi connectivity index (χ0v) is 17.7. The molecule has 3 heterocycles. The van der Waals surface area contributed by atoms with Gasteiger partial charge in [0.15, 0.2) is 0 Å². The van der Waals surface area contributed by atoms with Crippen molar-refractivity contribution in [3.8, 4) is 5.75 Å².